The van der Waals surface area contributed by atoms with Crippen LogP contribution in [0.15, 0.2) is 70.8 Å². The number of allylic oxidation sites excluding steroid dienone is 3. The Morgan fingerprint density at radius 3 is 2.55 bits per heavy atom. The average Bonchev–Trinajstić information content (AvgIpc) is 2.73. The van der Waals surface area contributed by atoms with Crippen molar-refractivity contribution in [2.75, 3.05) is 6.73 Å². The largest absolute Gasteiger partial charge is 0.565 e. The van der Waals surface area contributed by atoms with Gasteiger partial charge < -0.3 is 14.5 Å². The van der Waals surface area contributed by atoms with E-state index in [2.05, 4.69) is 21.6 Å². The molecule has 0 atom stereocenters. The minimum atomic E-state index is -0.196. The van der Waals surface area contributed by atoms with Crippen LogP contribution in [-0.4, -0.2) is 26.0 Å². The van der Waals surface area contributed by atoms with Gasteiger partial charge in [-0.1, -0.05) is 48.1 Å². The Bertz CT molecular complexity index is 1050. The second-order valence-corrected chi connectivity index (χ2v) is 5.52. The third-order valence-corrected chi connectivity index (χ3v) is 3.58. The van der Waals surface area contributed by atoms with Crippen LogP contribution in [0, 0.1) is 0 Å². The summed E-state index contributed by atoms with van der Waals surface area (Å²) >= 11 is 0. The van der Waals surface area contributed by atoms with Gasteiger partial charge in [0.1, 0.15) is 17.2 Å². The van der Waals surface area contributed by atoms with Gasteiger partial charge in [-0.25, -0.2) is 4.79 Å². The van der Waals surface area contributed by atoms with Gasteiger partial charge in [0.05, 0.1) is 0 Å². The van der Waals surface area contributed by atoms with Crippen molar-refractivity contribution < 1.29 is 19.3 Å². The normalized spacial score (nSPS) is 10.3. The molecule has 2 radical (unpaired) electrons. The second kappa shape index (κ2) is 10.8. The monoisotopic (exact) mass is 386 g/mol. The SMILES string of the molecule is [B]Oc1ccc(/C=C/C(=C)/C=C/c2ccc(O)c(N=C=O)c2)cc1OCN=[N+]=[N-]. The highest BCUT2D eigenvalue weighted by molar-refractivity contribution is 6.00. The highest BCUT2D eigenvalue weighted by Gasteiger charge is 2.04. The van der Waals surface area contributed by atoms with E-state index in [4.69, 9.17) is 23.0 Å². The molecule has 0 aliphatic carbocycles. The van der Waals surface area contributed by atoms with Crippen molar-refractivity contribution in [1.29, 1.82) is 0 Å². The van der Waals surface area contributed by atoms with Crippen molar-refractivity contribution in [2.45, 2.75) is 0 Å². The number of aromatic hydroxyl groups is 1. The molecule has 2 rings (SSSR count). The number of ether oxygens (including phenoxy) is 1. The molecule has 0 spiro atoms. The molecule has 2 aromatic rings. The molecule has 29 heavy (non-hydrogen) atoms. The first-order chi connectivity index (χ1) is 14.1. The number of benzene rings is 2. The summed E-state index contributed by atoms with van der Waals surface area (Å²) in [5, 5.41) is 12.9. The van der Waals surface area contributed by atoms with Gasteiger partial charge in [0.15, 0.2) is 12.5 Å². The first-order valence-electron chi connectivity index (χ1n) is 8.17. The molecule has 0 aliphatic heterocycles. The van der Waals surface area contributed by atoms with E-state index in [-0.39, 0.29) is 18.2 Å². The topological polar surface area (TPSA) is 117 Å². The highest BCUT2D eigenvalue weighted by atomic mass is 16.5. The molecule has 0 saturated heterocycles. The summed E-state index contributed by atoms with van der Waals surface area (Å²) in [4.78, 5) is 16.4. The maximum atomic E-state index is 10.4. The summed E-state index contributed by atoms with van der Waals surface area (Å²) in [6, 6.07) is 9.72. The van der Waals surface area contributed by atoms with E-state index in [1.165, 1.54) is 12.1 Å². The van der Waals surface area contributed by atoms with E-state index in [1.54, 1.807) is 54.6 Å². The number of hydrogen-bond donors (Lipinski definition) is 1. The second-order valence-electron chi connectivity index (χ2n) is 5.52. The number of nitrogens with zero attached hydrogens (tertiary/aromatic N) is 4. The Labute approximate surface area is 168 Å². The molecule has 0 aliphatic rings. The first-order valence-corrected chi connectivity index (χ1v) is 8.17. The Hall–Kier alpha value is -4.19. The molecule has 0 bridgehead atoms. The maximum Gasteiger partial charge on any atom is 0.374 e. The van der Waals surface area contributed by atoms with E-state index in [0.717, 1.165) is 11.1 Å². The third kappa shape index (κ3) is 6.48. The fraction of sp³-hybridized carbons (Fsp3) is 0.0500. The summed E-state index contributed by atoms with van der Waals surface area (Å²) in [6.45, 7) is 3.74. The van der Waals surface area contributed by atoms with Crippen LogP contribution < -0.4 is 9.39 Å². The van der Waals surface area contributed by atoms with Crippen molar-refractivity contribution in [1.82, 2.24) is 0 Å². The number of phenols is 1. The molecule has 0 aromatic heterocycles. The fourth-order valence-electron chi connectivity index (χ4n) is 2.21. The van der Waals surface area contributed by atoms with Gasteiger partial charge >= 0.3 is 8.05 Å². The fourth-order valence-corrected chi connectivity index (χ4v) is 2.21. The van der Waals surface area contributed by atoms with Crippen LogP contribution in [0.1, 0.15) is 11.1 Å². The van der Waals surface area contributed by atoms with E-state index in [0.29, 0.717) is 17.1 Å². The molecule has 0 fully saturated rings. The van der Waals surface area contributed by atoms with E-state index < -0.39 is 0 Å². The van der Waals surface area contributed by atoms with Crippen LogP contribution in [0.4, 0.5) is 5.69 Å². The Morgan fingerprint density at radius 2 is 1.90 bits per heavy atom. The maximum absolute atomic E-state index is 10.4. The Kier molecular flexibility index (Phi) is 7.89. The number of phenolic OH excluding ortho intramolecular Hbond substituents is 1. The minimum Gasteiger partial charge on any atom is -0.565 e. The summed E-state index contributed by atoms with van der Waals surface area (Å²) in [7, 11) is 5.19. The lowest BCUT2D eigenvalue weighted by Gasteiger charge is -2.10. The summed E-state index contributed by atoms with van der Waals surface area (Å²) < 4.78 is 10.0. The van der Waals surface area contributed by atoms with Crippen LogP contribution in [0.25, 0.3) is 22.6 Å². The van der Waals surface area contributed by atoms with Crippen LogP contribution >= 0.6 is 0 Å². The average molecular weight is 386 g/mol. The van der Waals surface area contributed by atoms with Gasteiger partial charge in [0, 0.05) is 4.91 Å². The van der Waals surface area contributed by atoms with Crippen molar-refractivity contribution in [3.05, 3.63) is 82.3 Å². The predicted molar refractivity (Wildman–Crippen MR) is 111 cm³/mol. The summed E-state index contributed by atoms with van der Waals surface area (Å²) in [5.41, 5.74) is 10.7. The zero-order valence-electron chi connectivity index (χ0n) is 15.2. The predicted octanol–water partition coefficient (Wildman–Crippen LogP) is 4.75. The van der Waals surface area contributed by atoms with Gasteiger partial charge in [0.2, 0.25) is 6.08 Å². The quantitative estimate of drug-likeness (QED) is 0.127. The molecule has 2 aromatic carbocycles. The minimum absolute atomic E-state index is 0.104. The number of isocyanates is 1. The van der Waals surface area contributed by atoms with Gasteiger partial charge in [-0.05, 0) is 46.5 Å². The smallest absolute Gasteiger partial charge is 0.374 e. The summed E-state index contributed by atoms with van der Waals surface area (Å²) in [6.07, 6.45) is 8.49. The molecule has 0 saturated carbocycles. The highest BCUT2D eigenvalue weighted by Crippen LogP contribution is 2.29. The molecule has 0 unspecified atom stereocenters. The number of azide groups is 1. The molecule has 0 amide bonds. The number of rotatable bonds is 9. The molecule has 8 nitrogen and oxygen atoms in total. The van der Waals surface area contributed by atoms with Crippen LogP contribution in [0.2, 0.25) is 0 Å². The lowest BCUT2D eigenvalue weighted by molar-refractivity contribution is 0.319. The van der Waals surface area contributed by atoms with Crippen LogP contribution in [0.5, 0.6) is 17.2 Å². The molecule has 1 N–H and O–H groups in total. The zero-order valence-corrected chi connectivity index (χ0v) is 15.2. The van der Waals surface area contributed by atoms with Crippen molar-refractivity contribution in [3.8, 4) is 17.2 Å². The number of carbonyl (C=O) groups excluding carboxylic acids is 1. The van der Waals surface area contributed by atoms with Gasteiger partial charge in [-0.15, -0.1) is 0 Å². The number of aliphatic imine (C=N–C) groups is 1. The van der Waals surface area contributed by atoms with Crippen molar-refractivity contribution in [3.63, 3.8) is 0 Å². The van der Waals surface area contributed by atoms with Gasteiger partial charge in [0.25, 0.3) is 0 Å². The number of hydrogen-bond acceptors (Lipinski definition) is 6. The Morgan fingerprint density at radius 1 is 1.21 bits per heavy atom. The lowest BCUT2D eigenvalue weighted by atomic mass is 10.1. The molecular weight excluding hydrogens is 371 g/mol. The summed E-state index contributed by atoms with van der Waals surface area (Å²) in [5.74, 6) is 0.526. The molecule has 0 heterocycles. The van der Waals surface area contributed by atoms with Crippen LogP contribution in [-0.2, 0) is 4.79 Å². The third-order valence-electron chi connectivity index (χ3n) is 3.58. The van der Waals surface area contributed by atoms with E-state index in [1.807, 2.05) is 0 Å². The molecular formula is C20H15BN4O4. The van der Waals surface area contributed by atoms with E-state index in [9.17, 15) is 9.90 Å². The van der Waals surface area contributed by atoms with Gasteiger partial charge in [-0.2, -0.15) is 4.99 Å². The standard InChI is InChI=1S/C20H15BN4O4/c1-14(2-4-15-6-8-18(27)17(10-15)23-12-26)3-5-16-7-9-19(29-21)20(11-16)28-13-24-25-22/h2-11,27H,1,13H2/b4-2+,5-3+. The van der Waals surface area contributed by atoms with Crippen LogP contribution in [0.3, 0.4) is 0 Å². The van der Waals surface area contributed by atoms with Crippen molar-refractivity contribution >= 4 is 32.0 Å². The first kappa shape index (κ1) is 21.1. The van der Waals surface area contributed by atoms with E-state index >= 15 is 0 Å². The Balaban J connectivity index is 2.11. The lowest BCUT2D eigenvalue weighted by Crippen LogP contribution is -1.97. The molecule has 9 heteroatoms. The zero-order chi connectivity index (χ0) is 21.1. The van der Waals surface area contributed by atoms with Gasteiger partial charge in [-0.3, -0.25) is 0 Å². The van der Waals surface area contributed by atoms with Crippen molar-refractivity contribution in [2.24, 2.45) is 10.1 Å². The molecule has 142 valence electrons.